The van der Waals surface area contributed by atoms with Crippen molar-refractivity contribution in [1.29, 1.82) is 0 Å². The van der Waals surface area contributed by atoms with Crippen LogP contribution in [-0.4, -0.2) is 65.5 Å². The summed E-state index contributed by atoms with van der Waals surface area (Å²) in [5.41, 5.74) is 0.208. The molecule has 1 unspecified atom stereocenters. The van der Waals surface area contributed by atoms with Crippen LogP contribution < -0.4 is 33.7 Å². The first-order valence-electron chi connectivity index (χ1n) is 13.8. The summed E-state index contributed by atoms with van der Waals surface area (Å²) in [6.07, 6.45) is 2.71. The normalized spacial score (nSPS) is 11.2. The van der Waals surface area contributed by atoms with Crippen molar-refractivity contribution in [2.45, 2.75) is 60.8 Å². The molecule has 9 heteroatoms. The minimum absolute atomic E-state index is 0. The van der Waals surface area contributed by atoms with E-state index in [9.17, 15) is 4.79 Å². The van der Waals surface area contributed by atoms with E-state index in [0.717, 1.165) is 19.3 Å². The van der Waals surface area contributed by atoms with Gasteiger partial charge in [-0.3, -0.25) is 4.79 Å². The summed E-state index contributed by atoms with van der Waals surface area (Å²) in [6.45, 7) is 14.6. The Balaban J connectivity index is 0.00000800. The van der Waals surface area contributed by atoms with Gasteiger partial charge < -0.3 is 28.4 Å². The van der Waals surface area contributed by atoms with Gasteiger partial charge in [0.15, 0.2) is 5.52 Å². The molecule has 0 N–H and O–H groups in total. The quantitative estimate of drug-likeness (QED) is 0.150. The Morgan fingerprint density at radius 3 is 1.40 bits per heavy atom. The van der Waals surface area contributed by atoms with Gasteiger partial charge in [-0.05, 0) is 45.6 Å². The standard InChI is InChI=1S/C31H47O7P.Li.H/c1-20(2)10-13-36-24-18-27(37-14-11-21(3)4)30(28(19-24)38-15-12-22(5)6)39-31(32)29-25(34-8)16-23(33-7)17-26(29)35-9;;/h16-22,39H,10-15H2,1-9H3;;. The molecule has 2 aromatic carbocycles. The molecule has 0 saturated carbocycles. The van der Waals surface area contributed by atoms with E-state index in [0.29, 0.717) is 82.9 Å². The van der Waals surface area contributed by atoms with Gasteiger partial charge in [0, 0.05) is 24.3 Å². The third-order valence-corrected chi connectivity index (χ3v) is 7.31. The second-order valence-corrected chi connectivity index (χ2v) is 12.0. The molecule has 0 aromatic heterocycles. The molecule has 0 aliphatic heterocycles. The Morgan fingerprint density at radius 1 is 0.625 bits per heavy atom. The van der Waals surface area contributed by atoms with Crippen LogP contribution in [0.5, 0.6) is 34.5 Å². The number of hydrogen-bond donors (Lipinski definition) is 0. The summed E-state index contributed by atoms with van der Waals surface area (Å²) in [5.74, 6) is 4.71. The average Bonchev–Trinajstić information content (AvgIpc) is 2.88. The summed E-state index contributed by atoms with van der Waals surface area (Å²) in [5, 5.41) is 0.712. The van der Waals surface area contributed by atoms with Crippen LogP contribution in [0.15, 0.2) is 24.3 Å². The molecule has 220 valence electrons. The zero-order chi connectivity index (χ0) is 28.9. The zero-order valence-electron chi connectivity index (χ0n) is 25.1. The number of carbonyl (C=O) groups excluding carboxylic acids is 1. The van der Waals surface area contributed by atoms with Crippen LogP contribution in [0.3, 0.4) is 0 Å². The van der Waals surface area contributed by atoms with Crippen molar-refractivity contribution in [2.24, 2.45) is 17.8 Å². The number of carbonyl (C=O) groups is 1. The third-order valence-electron chi connectivity index (χ3n) is 6.09. The van der Waals surface area contributed by atoms with E-state index in [1.165, 1.54) is 14.2 Å². The van der Waals surface area contributed by atoms with E-state index in [4.69, 9.17) is 28.4 Å². The Labute approximate surface area is 254 Å². The number of methoxy groups -OCH3 is 3. The van der Waals surface area contributed by atoms with E-state index in [2.05, 4.69) is 41.5 Å². The van der Waals surface area contributed by atoms with Gasteiger partial charge in [-0.25, -0.2) is 0 Å². The maximum atomic E-state index is 13.8. The Kier molecular flexibility index (Phi) is 16.5. The van der Waals surface area contributed by atoms with Crippen LogP contribution in [0.25, 0.3) is 0 Å². The van der Waals surface area contributed by atoms with Crippen molar-refractivity contribution in [3.8, 4) is 34.5 Å². The SMILES string of the molecule is COc1cc(OC)c(C(=O)Pc2c(OCCC(C)C)cc(OCCC(C)C)cc2OCCC(C)C)c(OC)c1.[LiH]. The van der Waals surface area contributed by atoms with Crippen LogP contribution in [-0.2, 0) is 0 Å². The molecule has 0 spiro atoms. The molecule has 1 atom stereocenters. The second kappa shape index (κ2) is 18.4. The van der Waals surface area contributed by atoms with Crippen LogP contribution in [0.1, 0.15) is 71.2 Å². The monoisotopic (exact) mass is 570 g/mol. The molecule has 7 nitrogen and oxygen atoms in total. The van der Waals surface area contributed by atoms with Crippen molar-refractivity contribution in [3.05, 3.63) is 29.8 Å². The van der Waals surface area contributed by atoms with Crippen molar-refractivity contribution in [1.82, 2.24) is 0 Å². The van der Waals surface area contributed by atoms with Gasteiger partial charge in [0.2, 0.25) is 0 Å². The first-order valence-corrected chi connectivity index (χ1v) is 14.8. The Bertz CT molecular complexity index is 996. The molecule has 0 bridgehead atoms. The Morgan fingerprint density at radius 2 is 1.02 bits per heavy atom. The van der Waals surface area contributed by atoms with Crippen LogP contribution in [0, 0.1) is 17.8 Å². The third kappa shape index (κ3) is 11.4. The minimum atomic E-state index is -0.289. The molecular formula is C31H48LiO7P. The fourth-order valence-electron chi connectivity index (χ4n) is 3.63. The van der Waals surface area contributed by atoms with E-state index in [1.807, 2.05) is 12.1 Å². The number of hydrogen-bond acceptors (Lipinski definition) is 7. The predicted octanol–water partition coefficient (Wildman–Crippen LogP) is 6.48. The van der Waals surface area contributed by atoms with E-state index >= 15 is 0 Å². The second-order valence-electron chi connectivity index (χ2n) is 10.7. The molecule has 0 radical (unpaired) electrons. The summed E-state index contributed by atoms with van der Waals surface area (Å²) in [6, 6.07) is 7.14. The molecular weight excluding hydrogens is 522 g/mol. The van der Waals surface area contributed by atoms with Crippen molar-refractivity contribution >= 4 is 38.3 Å². The van der Waals surface area contributed by atoms with Gasteiger partial charge >= 0.3 is 18.9 Å². The van der Waals surface area contributed by atoms with Crippen molar-refractivity contribution < 1.29 is 33.2 Å². The summed E-state index contributed by atoms with van der Waals surface area (Å²) >= 11 is 0. The molecule has 2 rings (SSSR count). The molecule has 0 amide bonds. The van der Waals surface area contributed by atoms with Gasteiger partial charge in [-0.1, -0.05) is 41.5 Å². The molecule has 0 saturated heterocycles. The van der Waals surface area contributed by atoms with Crippen molar-refractivity contribution in [2.75, 3.05) is 41.2 Å². The summed E-state index contributed by atoms with van der Waals surface area (Å²) < 4.78 is 35.1. The molecule has 0 aliphatic rings. The molecule has 40 heavy (non-hydrogen) atoms. The number of benzene rings is 2. The average molecular weight is 571 g/mol. The van der Waals surface area contributed by atoms with Gasteiger partial charge in [0.1, 0.15) is 40.1 Å². The molecule has 0 aliphatic carbocycles. The number of rotatable bonds is 18. The molecule has 2 aromatic rings. The number of ether oxygens (including phenoxy) is 6. The molecule has 0 fully saturated rings. The topological polar surface area (TPSA) is 72.5 Å². The first kappa shape index (κ1) is 36.0. The maximum absolute atomic E-state index is 13.8. The fraction of sp³-hybridized carbons (Fsp3) is 0.581. The molecule has 0 heterocycles. The first-order chi connectivity index (χ1) is 18.6. The summed E-state index contributed by atoms with van der Waals surface area (Å²) in [4.78, 5) is 13.8. The van der Waals surface area contributed by atoms with Gasteiger partial charge in [0.05, 0.1) is 46.5 Å². The van der Waals surface area contributed by atoms with Gasteiger partial charge in [-0.15, -0.1) is 0 Å². The fourth-order valence-corrected chi connectivity index (χ4v) is 4.76. The van der Waals surface area contributed by atoms with Gasteiger partial charge in [0.25, 0.3) is 0 Å². The summed E-state index contributed by atoms with van der Waals surface area (Å²) in [7, 11) is 4.32. The van der Waals surface area contributed by atoms with E-state index < -0.39 is 0 Å². The van der Waals surface area contributed by atoms with Gasteiger partial charge in [-0.2, -0.15) is 0 Å². The zero-order valence-corrected chi connectivity index (χ0v) is 26.1. The van der Waals surface area contributed by atoms with E-state index in [-0.39, 0.29) is 33.0 Å². The van der Waals surface area contributed by atoms with Crippen LogP contribution in [0.4, 0.5) is 0 Å². The van der Waals surface area contributed by atoms with Crippen LogP contribution in [0.2, 0.25) is 0 Å². The predicted molar refractivity (Wildman–Crippen MR) is 167 cm³/mol. The Hall–Kier alpha value is -2.06. The van der Waals surface area contributed by atoms with Crippen LogP contribution >= 0.6 is 8.58 Å². The van der Waals surface area contributed by atoms with Crippen molar-refractivity contribution in [3.63, 3.8) is 0 Å². The van der Waals surface area contributed by atoms with E-state index in [1.54, 1.807) is 19.2 Å².